The number of fused-ring (bicyclic) bond motifs is 1. The summed E-state index contributed by atoms with van der Waals surface area (Å²) < 4.78 is 2.10. The third-order valence-electron chi connectivity index (χ3n) is 4.38. The number of nitrogens with one attached hydrogen (secondary N) is 1. The van der Waals surface area contributed by atoms with Crippen LogP contribution < -0.4 is 5.56 Å². The van der Waals surface area contributed by atoms with Crippen LogP contribution in [0.15, 0.2) is 59.5 Å². The number of H-pyrrole nitrogens is 1. The number of pyridine rings is 1. The van der Waals surface area contributed by atoms with Gasteiger partial charge < -0.3 is 9.55 Å². The summed E-state index contributed by atoms with van der Waals surface area (Å²) in [5.74, 6) is 0.888. The van der Waals surface area contributed by atoms with Gasteiger partial charge in [-0.1, -0.05) is 29.3 Å². The number of hydrogen-bond acceptors (Lipinski definition) is 2. The fourth-order valence-corrected chi connectivity index (χ4v) is 3.45. The van der Waals surface area contributed by atoms with Gasteiger partial charge in [-0.2, -0.15) is 0 Å². The minimum Gasteiger partial charge on any atom is -0.329 e. The zero-order chi connectivity index (χ0) is 18.3. The Hall–Kier alpha value is -2.56. The van der Waals surface area contributed by atoms with Gasteiger partial charge in [-0.05, 0) is 60.0 Å². The van der Waals surface area contributed by atoms with Crippen LogP contribution in [0.2, 0.25) is 10.0 Å². The molecule has 130 valence electrons. The second-order valence-corrected chi connectivity index (χ2v) is 6.97. The number of imidazole rings is 1. The Balaban J connectivity index is 1.84. The molecular formula is C20H15Cl2N3O. The highest BCUT2D eigenvalue weighted by molar-refractivity contribution is 6.33. The maximum atomic E-state index is 11.6. The summed E-state index contributed by atoms with van der Waals surface area (Å²) >= 11 is 12.4. The van der Waals surface area contributed by atoms with Crippen molar-refractivity contribution in [2.45, 2.75) is 13.5 Å². The summed E-state index contributed by atoms with van der Waals surface area (Å²) in [6, 6.07) is 14.9. The van der Waals surface area contributed by atoms with Gasteiger partial charge in [0.15, 0.2) is 0 Å². The monoisotopic (exact) mass is 383 g/mol. The molecular weight excluding hydrogens is 369 g/mol. The molecule has 4 nitrogen and oxygen atoms in total. The fraction of sp³-hybridized carbons (Fsp3) is 0.100. The molecule has 2 aromatic carbocycles. The first-order chi connectivity index (χ1) is 12.5. The van der Waals surface area contributed by atoms with Crippen LogP contribution in [0.25, 0.3) is 22.2 Å². The normalized spacial score (nSPS) is 11.2. The Labute approximate surface area is 160 Å². The van der Waals surface area contributed by atoms with E-state index in [1.165, 1.54) is 0 Å². The average Bonchev–Trinajstić information content (AvgIpc) is 2.93. The molecule has 2 aromatic heterocycles. The van der Waals surface area contributed by atoms with Gasteiger partial charge in [-0.15, -0.1) is 0 Å². The van der Waals surface area contributed by atoms with Gasteiger partial charge in [0.1, 0.15) is 5.82 Å². The molecule has 0 radical (unpaired) electrons. The van der Waals surface area contributed by atoms with Crippen molar-refractivity contribution >= 4 is 34.2 Å². The summed E-state index contributed by atoms with van der Waals surface area (Å²) in [5.41, 5.74) is 4.51. The van der Waals surface area contributed by atoms with Crippen LogP contribution in [0.5, 0.6) is 0 Å². The van der Waals surface area contributed by atoms with Gasteiger partial charge in [0, 0.05) is 22.3 Å². The summed E-state index contributed by atoms with van der Waals surface area (Å²) in [6.45, 7) is 2.53. The Morgan fingerprint density at radius 1 is 1.04 bits per heavy atom. The number of benzene rings is 2. The Bertz CT molecular complexity index is 1180. The molecule has 4 rings (SSSR count). The minimum absolute atomic E-state index is 0.127. The SMILES string of the molecule is Cc1nc2ccc(-c3cc[nH]c(=O)c3)cc2n1Cc1cc(Cl)ccc1Cl. The summed E-state index contributed by atoms with van der Waals surface area (Å²) in [6.07, 6.45) is 1.65. The lowest BCUT2D eigenvalue weighted by Gasteiger charge is -2.10. The second-order valence-electron chi connectivity index (χ2n) is 6.13. The maximum Gasteiger partial charge on any atom is 0.248 e. The summed E-state index contributed by atoms with van der Waals surface area (Å²) in [4.78, 5) is 18.9. The third-order valence-corrected chi connectivity index (χ3v) is 4.99. The van der Waals surface area contributed by atoms with Crippen molar-refractivity contribution in [3.05, 3.63) is 86.5 Å². The molecule has 2 heterocycles. The predicted octanol–water partition coefficient (Wildman–Crippen LogP) is 5.06. The number of nitrogens with zero attached hydrogens (tertiary/aromatic N) is 2. The fourth-order valence-electron chi connectivity index (χ4n) is 3.08. The van der Waals surface area contributed by atoms with Gasteiger partial charge in [-0.25, -0.2) is 4.98 Å². The number of aromatic amines is 1. The maximum absolute atomic E-state index is 11.6. The van der Waals surface area contributed by atoms with E-state index in [0.29, 0.717) is 16.6 Å². The molecule has 4 aromatic rings. The molecule has 0 spiro atoms. The van der Waals surface area contributed by atoms with Crippen molar-refractivity contribution in [3.63, 3.8) is 0 Å². The molecule has 6 heteroatoms. The van der Waals surface area contributed by atoms with Crippen molar-refractivity contribution in [2.75, 3.05) is 0 Å². The number of halogens is 2. The smallest absolute Gasteiger partial charge is 0.248 e. The highest BCUT2D eigenvalue weighted by atomic mass is 35.5. The van der Waals surface area contributed by atoms with E-state index >= 15 is 0 Å². The molecule has 0 unspecified atom stereocenters. The lowest BCUT2D eigenvalue weighted by molar-refractivity contribution is 0.786. The first-order valence-electron chi connectivity index (χ1n) is 8.11. The Kier molecular flexibility index (Phi) is 4.31. The minimum atomic E-state index is -0.127. The van der Waals surface area contributed by atoms with Crippen molar-refractivity contribution < 1.29 is 0 Å². The van der Waals surface area contributed by atoms with Crippen molar-refractivity contribution in [1.82, 2.24) is 14.5 Å². The molecule has 0 amide bonds. The lowest BCUT2D eigenvalue weighted by atomic mass is 10.1. The lowest BCUT2D eigenvalue weighted by Crippen LogP contribution is -2.03. The molecule has 0 aliphatic heterocycles. The van der Waals surface area contributed by atoms with Crippen LogP contribution >= 0.6 is 23.2 Å². The van der Waals surface area contributed by atoms with E-state index in [1.807, 2.05) is 37.3 Å². The van der Waals surface area contributed by atoms with Gasteiger partial charge in [0.05, 0.1) is 17.6 Å². The van der Waals surface area contributed by atoms with E-state index in [1.54, 1.807) is 24.4 Å². The molecule has 0 aliphatic carbocycles. The number of hydrogen-bond donors (Lipinski definition) is 1. The van der Waals surface area contributed by atoms with Crippen molar-refractivity contribution in [2.24, 2.45) is 0 Å². The van der Waals surface area contributed by atoms with E-state index in [2.05, 4.69) is 14.5 Å². The highest BCUT2D eigenvalue weighted by Gasteiger charge is 2.11. The molecule has 0 saturated carbocycles. The molecule has 0 bridgehead atoms. The second kappa shape index (κ2) is 6.63. The Morgan fingerprint density at radius 3 is 2.65 bits per heavy atom. The van der Waals surface area contributed by atoms with Crippen LogP contribution in [0.4, 0.5) is 0 Å². The van der Waals surface area contributed by atoms with Crippen LogP contribution in [0.3, 0.4) is 0 Å². The van der Waals surface area contributed by atoms with Crippen LogP contribution in [-0.4, -0.2) is 14.5 Å². The van der Waals surface area contributed by atoms with E-state index in [0.717, 1.165) is 33.5 Å². The van der Waals surface area contributed by atoms with Gasteiger partial charge in [0.25, 0.3) is 0 Å². The van der Waals surface area contributed by atoms with Gasteiger partial charge >= 0.3 is 0 Å². The highest BCUT2D eigenvalue weighted by Crippen LogP contribution is 2.27. The van der Waals surface area contributed by atoms with Crippen LogP contribution in [0, 0.1) is 6.92 Å². The van der Waals surface area contributed by atoms with E-state index in [-0.39, 0.29) is 5.56 Å². The van der Waals surface area contributed by atoms with Crippen LogP contribution in [-0.2, 0) is 6.54 Å². The van der Waals surface area contributed by atoms with E-state index in [9.17, 15) is 4.79 Å². The van der Waals surface area contributed by atoms with E-state index in [4.69, 9.17) is 23.2 Å². The van der Waals surface area contributed by atoms with Crippen molar-refractivity contribution in [1.29, 1.82) is 0 Å². The zero-order valence-electron chi connectivity index (χ0n) is 14.0. The van der Waals surface area contributed by atoms with E-state index < -0.39 is 0 Å². The molecule has 0 saturated heterocycles. The Morgan fingerprint density at radius 2 is 1.85 bits per heavy atom. The largest absolute Gasteiger partial charge is 0.329 e. The molecule has 0 fully saturated rings. The standard InChI is InChI=1S/C20H15Cl2N3O/c1-12-24-18-5-2-13(14-6-7-23-20(26)10-14)9-19(18)25(12)11-15-8-16(21)3-4-17(15)22/h2-10H,11H2,1H3,(H,23,26). The third kappa shape index (κ3) is 3.14. The molecule has 26 heavy (non-hydrogen) atoms. The van der Waals surface area contributed by atoms with Crippen LogP contribution in [0.1, 0.15) is 11.4 Å². The predicted molar refractivity (Wildman–Crippen MR) is 106 cm³/mol. The first-order valence-corrected chi connectivity index (χ1v) is 8.87. The molecule has 1 N–H and O–H groups in total. The quantitative estimate of drug-likeness (QED) is 0.537. The number of aryl methyl sites for hydroxylation is 1. The topological polar surface area (TPSA) is 50.7 Å². The molecule has 0 aliphatic rings. The first kappa shape index (κ1) is 16.9. The van der Waals surface area contributed by atoms with Gasteiger partial charge in [0.2, 0.25) is 5.56 Å². The zero-order valence-corrected chi connectivity index (χ0v) is 15.5. The number of aromatic nitrogens is 3. The van der Waals surface area contributed by atoms with Crippen molar-refractivity contribution in [3.8, 4) is 11.1 Å². The molecule has 0 atom stereocenters. The summed E-state index contributed by atoms with van der Waals surface area (Å²) in [5, 5.41) is 1.32. The average molecular weight is 384 g/mol. The number of rotatable bonds is 3. The summed E-state index contributed by atoms with van der Waals surface area (Å²) in [7, 11) is 0. The van der Waals surface area contributed by atoms with Gasteiger partial charge in [-0.3, -0.25) is 4.79 Å².